The molecule has 0 radical (unpaired) electrons. The number of aromatic nitrogens is 3. The molecule has 0 saturated heterocycles. The molecule has 2 aliphatic carbocycles. The van der Waals surface area contributed by atoms with E-state index in [-0.39, 0.29) is 119 Å². The van der Waals surface area contributed by atoms with Gasteiger partial charge in [-0.3, -0.25) is 37.6 Å². The lowest BCUT2D eigenvalue weighted by molar-refractivity contribution is -0.668. The molecule has 6 atom stereocenters. The van der Waals surface area contributed by atoms with Crippen molar-refractivity contribution in [3.05, 3.63) is 100 Å². The maximum atomic E-state index is 14.0. The summed E-state index contributed by atoms with van der Waals surface area (Å²) in [6, 6.07) is 15.9. The number of rotatable bonds is 31. The summed E-state index contributed by atoms with van der Waals surface area (Å²) in [7, 11) is -4.19. The number of nitrogens with one attached hydrogen (secondary N) is 4. The molecule has 3 aliphatic rings. The number of ketones is 1. The third kappa shape index (κ3) is 17.4. The van der Waals surface area contributed by atoms with Crippen LogP contribution >= 0.6 is 31.9 Å². The van der Waals surface area contributed by atoms with Gasteiger partial charge in [0.1, 0.15) is 14.4 Å². The van der Waals surface area contributed by atoms with E-state index >= 15 is 0 Å². The van der Waals surface area contributed by atoms with Gasteiger partial charge >= 0.3 is 16.3 Å². The van der Waals surface area contributed by atoms with Crippen LogP contribution < -0.4 is 36.7 Å². The second-order valence-corrected chi connectivity index (χ2v) is 22.9. The van der Waals surface area contributed by atoms with Crippen LogP contribution in [0.4, 0.5) is 16.3 Å². The molecule has 0 unspecified atom stereocenters. The van der Waals surface area contributed by atoms with Gasteiger partial charge in [0.25, 0.3) is 11.8 Å². The summed E-state index contributed by atoms with van der Waals surface area (Å²) < 4.78 is 49.1. The van der Waals surface area contributed by atoms with Crippen LogP contribution in [0.25, 0.3) is 11.0 Å². The average molecular weight is 1260 g/mol. The van der Waals surface area contributed by atoms with Crippen LogP contribution in [0.2, 0.25) is 0 Å². The third-order valence-corrected chi connectivity index (χ3v) is 16.6. The Morgan fingerprint density at radius 2 is 1.60 bits per heavy atom. The van der Waals surface area contributed by atoms with Gasteiger partial charge in [-0.15, -0.1) is 0 Å². The predicted octanol–water partition coefficient (Wildman–Crippen LogP) is 4.37. The molecule has 2 aromatic carbocycles. The second-order valence-electron chi connectivity index (χ2n) is 20.1. The first kappa shape index (κ1) is 63.5. The van der Waals surface area contributed by atoms with E-state index < -0.39 is 63.9 Å². The van der Waals surface area contributed by atoms with Crippen molar-refractivity contribution in [1.82, 2.24) is 25.1 Å². The number of ether oxygens (including phenoxy) is 3. The number of hydrogen-bond acceptors (Lipinski definition) is 15. The van der Waals surface area contributed by atoms with E-state index in [0.29, 0.717) is 37.3 Å². The van der Waals surface area contributed by atoms with Crippen LogP contribution in [-0.2, 0) is 65.6 Å². The molecule has 1 aliphatic heterocycles. The maximum Gasteiger partial charge on any atom is 0.333 e. The topological polar surface area (TPSA) is 319 Å². The number of urea groups is 1. The first-order chi connectivity index (χ1) is 37.8. The maximum absolute atomic E-state index is 14.0. The number of halogens is 2. The second kappa shape index (κ2) is 29.8. The zero-order valence-corrected chi connectivity index (χ0v) is 49.1. The summed E-state index contributed by atoms with van der Waals surface area (Å²) in [6.07, 6.45) is 5.96. The Labute approximate surface area is 482 Å². The zero-order chi connectivity index (χ0) is 56.8. The van der Waals surface area contributed by atoms with E-state index in [1.54, 1.807) is 32.3 Å². The highest BCUT2D eigenvalue weighted by Gasteiger charge is 2.39. The molecule has 0 spiro atoms. The van der Waals surface area contributed by atoms with E-state index in [9.17, 15) is 42.3 Å². The molecule has 2 aromatic heterocycles. The number of aliphatic hydroxyl groups is 1. The normalized spacial score (nSPS) is 18.8. The molecule has 6 amide bonds. The summed E-state index contributed by atoms with van der Waals surface area (Å²) >= 11 is 6.17. The predicted molar refractivity (Wildman–Crippen MR) is 304 cm³/mol. The molecule has 7 rings (SSSR count). The first-order valence-electron chi connectivity index (χ1n) is 26.3. The number of anilines is 2. The third-order valence-electron chi connectivity index (χ3n) is 14.1. The number of fused-ring (bicyclic) bond motifs is 2. The Morgan fingerprint density at radius 3 is 2.27 bits per heavy atom. The van der Waals surface area contributed by atoms with Crippen molar-refractivity contribution in [1.29, 1.82) is 0 Å². The van der Waals surface area contributed by atoms with Gasteiger partial charge < -0.3 is 53.7 Å². The first-order valence-corrected chi connectivity index (χ1v) is 29.3. The van der Waals surface area contributed by atoms with Crippen LogP contribution in [-0.4, -0.2) is 135 Å². The monoisotopic (exact) mass is 1260 g/mol. The minimum absolute atomic E-state index is 0. The molecule has 9 N–H and O–H groups in total. The minimum Gasteiger partial charge on any atom is -0.393 e. The Kier molecular flexibility index (Phi) is 23.7. The SMILES string of the molecule is CC(C)[C@H](NC(=O)CCOCCOCCOCCN1C(=O)C(Br)=C(Br)C1=O)C(=O)C[C@@H](CCCNC(N)=O)C(=O)Nc1ccc(C[n+]2cnc(N[C@@H]3CCc4ccccc43)c3ccn([C@H]4C[C@H](COS(N)(=O)=O)[C@H](O)C4)c32)cc1.[CH3-]. The number of imide groups is 1. The molecule has 80 heavy (non-hydrogen) atoms. The zero-order valence-electron chi connectivity index (χ0n) is 45.1. The Hall–Kier alpha value is -5.71. The molecule has 1 fully saturated rings. The number of amides is 6. The van der Waals surface area contributed by atoms with Crippen molar-refractivity contribution in [2.75, 3.05) is 70.0 Å². The fourth-order valence-corrected chi connectivity index (χ4v) is 11.2. The van der Waals surface area contributed by atoms with Gasteiger partial charge in [-0.2, -0.15) is 8.42 Å². The minimum atomic E-state index is -4.19. The van der Waals surface area contributed by atoms with Crippen LogP contribution in [0.1, 0.15) is 87.6 Å². The lowest BCUT2D eigenvalue weighted by Crippen LogP contribution is -2.45. The number of hydrogen-bond donors (Lipinski definition) is 7. The number of nitrogens with zero attached hydrogens (tertiary/aromatic N) is 4. The smallest absolute Gasteiger partial charge is 0.333 e. The van der Waals surface area contributed by atoms with E-state index in [4.69, 9.17) is 34.3 Å². The van der Waals surface area contributed by atoms with Crippen molar-refractivity contribution in [2.24, 2.45) is 28.6 Å². The fraction of sp³-hybridized carbons (Fsp3) is 0.500. The fourth-order valence-electron chi connectivity index (χ4n) is 10.1. The molecular weight excluding hydrogens is 1190 g/mol. The number of primary amides is 1. The summed E-state index contributed by atoms with van der Waals surface area (Å²) in [5.41, 5.74) is 10.0. The summed E-state index contributed by atoms with van der Waals surface area (Å²) in [5, 5.41) is 29.0. The highest BCUT2D eigenvalue weighted by molar-refractivity contribution is 9.14. The van der Waals surface area contributed by atoms with Crippen molar-refractivity contribution in [2.45, 2.75) is 96.0 Å². The van der Waals surface area contributed by atoms with Gasteiger partial charge in [-0.1, -0.05) is 55.2 Å². The average Bonchev–Trinajstić information content (AvgIpc) is 4.19. The summed E-state index contributed by atoms with van der Waals surface area (Å²) in [6.45, 7) is 5.15. The summed E-state index contributed by atoms with van der Waals surface area (Å²) in [5.74, 6) is -2.89. The molecule has 4 aromatic rings. The Balaban J connectivity index is 0.0000103. The number of carbonyl (C=O) groups excluding carboxylic acids is 6. The van der Waals surface area contributed by atoms with E-state index in [1.807, 2.05) is 41.1 Å². The largest absolute Gasteiger partial charge is 0.393 e. The number of benzene rings is 2. The molecule has 23 nitrogen and oxygen atoms in total. The number of Topliss-reactive ketones (excluding diaryl/α,β-unsaturated/α-hetero) is 1. The van der Waals surface area contributed by atoms with E-state index in [2.05, 4.69) is 69.8 Å². The van der Waals surface area contributed by atoms with Crippen LogP contribution in [0.3, 0.4) is 0 Å². The van der Waals surface area contributed by atoms with Crippen molar-refractivity contribution in [3.63, 3.8) is 0 Å². The van der Waals surface area contributed by atoms with Crippen LogP contribution in [0.5, 0.6) is 0 Å². The Morgan fingerprint density at radius 1 is 0.925 bits per heavy atom. The number of nitrogens with two attached hydrogens (primary N) is 2. The van der Waals surface area contributed by atoms with Crippen molar-refractivity contribution < 1.29 is 65.3 Å². The number of aryl methyl sites for hydroxylation is 1. The van der Waals surface area contributed by atoms with Crippen molar-refractivity contribution in [3.8, 4) is 0 Å². The standard InChI is InChI=1S/C53H68Br2N10O13S.CH3/c1-32(2)47(62-44(68)16-20-75-22-24-77-25-23-76-21-19-65-51(70)45(54)46(55)52(65)71)43(67)27-35(7-5-17-58-53(56)72)49(69)60-37-12-9-33(10-13-37)29-63-31-59-48(61-41-14-11-34-6-3-4-8-39(34)41)40-15-18-64(50(40)63)38-26-36(42(66)28-38)30-78-79(57,73)74;/h3-4,6,8-10,12-13,15,18,31-32,35-36,38,41-42,47,66H,5,7,11,14,16-17,19-30H2,1-2H3,(H7,56,57,58,60,62,68,69,72,73,74);1H3/q;-1/p+1/t35-,36-,38+,41-,42-,47+;/m1./s1. The quantitative estimate of drug-likeness (QED) is 0.0159. The molecular formula is C54H72Br2N10O13S. The highest BCUT2D eigenvalue weighted by atomic mass is 79.9. The number of carbonyl (C=O) groups is 6. The van der Waals surface area contributed by atoms with Gasteiger partial charge in [0.2, 0.25) is 29.6 Å². The highest BCUT2D eigenvalue weighted by Crippen LogP contribution is 2.39. The Bertz CT molecular complexity index is 2960. The lowest BCUT2D eigenvalue weighted by Gasteiger charge is -2.24. The molecule has 0 bridgehead atoms. The van der Waals surface area contributed by atoms with Gasteiger partial charge in [0, 0.05) is 43.3 Å². The van der Waals surface area contributed by atoms with Crippen LogP contribution in [0.15, 0.2) is 76.1 Å². The molecule has 3 heterocycles. The van der Waals surface area contributed by atoms with Gasteiger partial charge in [0.15, 0.2) is 5.78 Å². The van der Waals surface area contributed by atoms with Crippen molar-refractivity contribution >= 4 is 100 Å². The summed E-state index contributed by atoms with van der Waals surface area (Å²) in [4.78, 5) is 82.6. The van der Waals surface area contributed by atoms with E-state index in [0.717, 1.165) is 34.3 Å². The van der Waals surface area contributed by atoms with Crippen LogP contribution in [0, 0.1) is 25.2 Å². The van der Waals surface area contributed by atoms with E-state index in [1.165, 1.54) is 11.1 Å². The molecule has 26 heteroatoms. The molecule has 436 valence electrons. The van der Waals surface area contributed by atoms with Gasteiger partial charge in [-0.05, 0) is 105 Å². The van der Waals surface area contributed by atoms with Gasteiger partial charge in [-0.25, -0.2) is 14.5 Å². The lowest BCUT2D eigenvalue weighted by atomic mass is 9.89. The van der Waals surface area contributed by atoms with Gasteiger partial charge in [0.05, 0.1) is 89.8 Å². The number of aliphatic hydroxyl groups excluding tert-OH is 1. The molecule has 1 saturated carbocycles.